The van der Waals surface area contributed by atoms with Crippen LogP contribution in [0.5, 0.6) is 17.2 Å². The van der Waals surface area contributed by atoms with Crippen LogP contribution in [0.25, 0.3) is 10.8 Å². The van der Waals surface area contributed by atoms with E-state index in [0.717, 1.165) is 5.39 Å². The highest BCUT2D eigenvalue weighted by Crippen LogP contribution is 2.43. The normalized spacial score (nSPS) is 11.7. The van der Waals surface area contributed by atoms with E-state index < -0.39 is 18.0 Å². The minimum Gasteiger partial charge on any atom is -0.493 e. The van der Waals surface area contributed by atoms with Crippen molar-refractivity contribution in [2.45, 2.75) is 20.0 Å². The molecule has 2 rings (SSSR count). The van der Waals surface area contributed by atoms with Crippen molar-refractivity contribution in [2.75, 3.05) is 14.2 Å². The zero-order valence-electron chi connectivity index (χ0n) is 13.4. The van der Waals surface area contributed by atoms with E-state index in [4.69, 9.17) is 18.9 Å². The SMILES string of the molecule is COc1cc2ccccc2c(OC(=O)C(C)OC(C)=O)c1OC. The van der Waals surface area contributed by atoms with Gasteiger partial charge in [0.1, 0.15) is 0 Å². The summed E-state index contributed by atoms with van der Waals surface area (Å²) in [6.45, 7) is 2.67. The van der Waals surface area contributed by atoms with Crippen molar-refractivity contribution in [2.24, 2.45) is 0 Å². The molecule has 1 unspecified atom stereocenters. The van der Waals surface area contributed by atoms with Crippen LogP contribution in [0.15, 0.2) is 30.3 Å². The number of carbonyl (C=O) groups is 2. The van der Waals surface area contributed by atoms with Gasteiger partial charge in [-0.15, -0.1) is 0 Å². The second kappa shape index (κ2) is 7.00. The van der Waals surface area contributed by atoms with Crippen molar-refractivity contribution in [3.8, 4) is 17.2 Å². The van der Waals surface area contributed by atoms with Crippen molar-refractivity contribution in [1.82, 2.24) is 0 Å². The molecule has 0 N–H and O–H groups in total. The highest BCUT2D eigenvalue weighted by molar-refractivity contribution is 5.95. The van der Waals surface area contributed by atoms with E-state index in [1.807, 2.05) is 18.2 Å². The molecule has 2 aromatic carbocycles. The molecule has 0 spiro atoms. The van der Waals surface area contributed by atoms with Gasteiger partial charge in [-0.2, -0.15) is 0 Å². The molecule has 0 saturated heterocycles. The summed E-state index contributed by atoms with van der Waals surface area (Å²) in [4.78, 5) is 23.1. The van der Waals surface area contributed by atoms with E-state index in [1.54, 1.807) is 12.1 Å². The van der Waals surface area contributed by atoms with E-state index in [-0.39, 0.29) is 5.75 Å². The molecule has 0 amide bonds. The summed E-state index contributed by atoms with van der Waals surface area (Å²) in [5.41, 5.74) is 0. The van der Waals surface area contributed by atoms with Gasteiger partial charge in [0.15, 0.2) is 17.6 Å². The Morgan fingerprint density at radius 1 is 1.04 bits per heavy atom. The Hall–Kier alpha value is -2.76. The second-order valence-electron chi connectivity index (χ2n) is 4.84. The van der Waals surface area contributed by atoms with Gasteiger partial charge < -0.3 is 18.9 Å². The first-order valence-corrected chi connectivity index (χ1v) is 7.00. The smallest absolute Gasteiger partial charge is 0.352 e. The highest BCUT2D eigenvalue weighted by atomic mass is 16.6. The van der Waals surface area contributed by atoms with Crippen LogP contribution < -0.4 is 14.2 Å². The van der Waals surface area contributed by atoms with Crippen LogP contribution in [0.1, 0.15) is 13.8 Å². The molecular weight excluding hydrogens is 300 g/mol. The van der Waals surface area contributed by atoms with Gasteiger partial charge in [-0.05, 0) is 18.4 Å². The number of hydrogen-bond acceptors (Lipinski definition) is 6. The van der Waals surface area contributed by atoms with Gasteiger partial charge in [-0.3, -0.25) is 4.79 Å². The minimum atomic E-state index is -1.03. The van der Waals surface area contributed by atoms with Crippen LogP contribution in [-0.4, -0.2) is 32.3 Å². The summed E-state index contributed by atoms with van der Waals surface area (Å²) >= 11 is 0. The zero-order valence-corrected chi connectivity index (χ0v) is 13.4. The summed E-state index contributed by atoms with van der Waals surface area (Å²) < 4.78 is 20.9. The molecule has 0 saturated carbocycles. The number of ether oxygens (including phenoxy) is 4. The van der Waals surface area contributed by atoms with Crippen LogP contribution >= 0.6 is 0 Å². The molecule has 0 fully saturated rings. The summed E-state index contributed by atoms with van der Waals surface area (Å²) in [6, 6.07) is 9.14. The predicted molar refractivity (Wildman–Crippen MR) is 83.9 cm³/mol. The van der Waals surface area contributed by atoms with E-state index >= 15 is 0 Å². The quantitative estimate of drug-likeness (QED) is 0.623. The van der Waals surface area contributed by atoms with Gasteiger partial charge in [0.05, 0.1) is 14.2 Å². The third-order valence-electron chi connectivity index (χ3n) is 3.22. The molecular formula is C17H18O6. The Kier molecular flexibility index (Phi) is 5.05. The third-order valence-corrected chi connectivity index (χ3v) is 3.22. The number of esters is 2. The molecule has 2 aromatic rings. The number of rotatable bonds is 5. The van der Waals surface area contributed by atoms with Crippen molar-refractivity contribution < 1.29 is 28.5 Å². The average Bonchev–Trinajstić information content (AvgIpc) is 2.53. The Bertz CT molecular complexity index is 737. The Labute approximate surface area is 133 Å². The van der Waals surface area contributed by atoms with E-state index in [2.05, 4.69) is 0 Å². The summed E-state index contributed by atoms with van der Waals surface area (Å²) in [7, 11) is 2.96. The molecule has 0 heterocycles. The maximum absolute atomic E-state index is 12.2. The maximum atomic E-state index is 12.2. The van der Waals surface area contributed by atoms with Gasteiger partial charge in [0.2, 0.25) is 5.75 Å². The van der Waals surface area contributed by atoms with Crippen LogP contribution in [0.3, 0.4) is 0 Å². The first kappa shape index (κ1) is 16.6. The maximum Gasteiger partial charge on any atom is 0.352 e. The molecule has 6 heteroatoms. The van der Waals surface area contributed by atoms with Crippen molar-refractivity contribution >= 4 is 22.7 Å². The lowest BCUT2D eigenvalue weighted by atomic mass is 10.1. The first-order chi connectivity index (χ1) is 11.0. The molecule has 0 radical (unpaired) electrons. The number of fused-ring (bicyclic) bond motifs is 1. The van der Waals surface area contributed by atoms with Crippen molar-refractivity contribution in [3.63, 3.8) is 0 Å². The second-order valence-corrected chi connectivity index (χ2v) is 4.84. The first-order valence-electron chi connectivity index (χ1n) is 7.00. The minimum absolute atomic E-state index is 0.228. The van der Waals surface area contributed by atoms with Crippen molar-refractivity contribution in [1.29, 1.82) is 0 Å². The lowest BCUT2D eigenvalue weighted by Gasteiger charge is -2.17. The molecule has 0 aliphatic carbocycles. The Morgan fingerprint density at radius 3 is 2.35 bits per heavy atom. The fourth-order valence-corrected chi connectivity index (χ4v) is 2.20. The Balaban J connectivity index is 2.49. The van der Waals surface area contributed by atoms with Crippen LogP contribution in [0.4, 0.5) is 0 Å². The molecule has 1 atom stereocenters. The van der Waals surface area contributed by atoms with Crippen LogP contribution in [-0.2, 0) is 14.3 Å². The van der Waals surface area contributed by atoms with E-state index in [1.165, 1.54) is 28.1 Å². The van der Waals surface area contributed by atoms with Gasteiger partial charge >= 0.3 is 11.9 Å². The topological polar surface area (TPSA) is 71.1 Å². The van der Waals surface area contributed by atoms with E-state index in [0.29, 0.717) is 16.9 Å². The van der Waals surface area contributed by atoms with Crippen LogP contribution in [0, 0.1) is 0 Å². The molecule has 23 heavy (non-hydrogen) atoms. The number of benzene rings is 2. The van der Waals surface area contributed by atoms with Crippen LogP contribution in [0.2, 0.25) is 0 Å². The summed E-state index contributed by atoms with van der Waals surface area (Å²) in [5.74, 6) is -0.288. The summed E-state index contributed by atoms with van der Waals surface area (Å²) in [5, 5.41) is 1.52. The number of carbonyl (C=O) groups excluding carboxylic acids is 2. The Morgan fingerprint density at radius 2 is 1.74 bits per heavy atom. The number of hydrogen-bond donors (Lipinski definition) is 0. The van der Waals surface area contributed by atoms with Gasteiger partial charge in [0, 0.05) is 12.3 Å². The molecule has 0 bridgehead atoms. The molecule has 0 aliphatic rings. The fourth-order valence-electron chi connectivity index (χ4n) is 2.20. The lowest BCUT2D eigenvalue weighted by Crippen LogP contribution is -2.27. The van der Waals surface area contributed by atoms with E-state index in [9.17, 15) is 9.59 Å². The lowest BCUT2D eigenvalue weighted by molar-refractivity contribution is -0.159. The molecule has 0 aromatic heterocycles. The summed E-state index contributed by atoms with van der Waals surface area (Å²) in [6.07, 6.45) is -1.03. The standard InChI is InChI=1S/C17H18O6/c1-10(22-11(2)18)17(19)23-15-13-8-6-5-7-12(13)9-14(20-3)16(15)21-4/h5-10H,1-4H3. The van der Waals surface area contributed by atoms with Gasteiger partial charge in [-0.25, -0.2) is 4.79 Å². The van der Waals surface area contributed by atoms with Crippen molar-refractivity contribution in [3.05, 3.63) is 30.3 Å². The monoisotopic (exact) mass is 318 g/mol. The largest absolute Gasteiger partial charge is 0.493 e. The number of methoxy groups -OCH3 is 2. The zero-order chi connectivity index (χ0) is 17.0. The van der Waals surface area contributed by atoms with Gasteiger partial charge in [0.25, 0.3) is 0 Å². The molecule has 6 nitrogen and oxygen atoms in total. The molecule has 122 valence electrons. The highest BCUT2D eigenvalue weighted by Gasteiger charge is 2.23. The third kappa shape index (κ3) is 3.53. The average molecular weight is 318 g/mol. The molecule has 0 aliphatic heterocycles. The fraction of sp³-hybridized carbons (Fsp3) is 0.294. The van der Waals surface area contributed by atoms with Gasteiger partial charge in [-0.1, -0.05) is 24.3 Å². The predicted octanol–water partition coefficient (Wildman–Crippen LogP) is 2.71.